The number of benzene rings is 3. The van der Waals surface area contributed by atoms with E-state index in [2.05, 4.69) is 64.2 Å². The van der Waals surface area contributed by atoms with E-state index in [1.54, 1.807) is 18.2 Å². The Morgan fingerprint density at radius 2 is 1.21 bits per heavy atom. The van der Waals surface area contributed by atoms with Crippen LogP contribution in [0.15, 0.2) is 70.5 Å². The molecule has 4 atom stereocenters. The van der Waals surface area contributed by atoms with Crippen molar-refractivity contribution < 1.29 is 25.9 Å². The molecular weight excluding hydrogens is 729 g/mol. The van der Waals surface area contributed by atoms with E-state index in [-0.39, 0.29) is 27.5 Å². The largest absolute Gasteiger partial charge is 0.294 e. The minimum atomic E-state index is -4.36. The fourth-order valence-electron chi connectivity index (χ4n) is 7.63. The third-order valence-corrected chi connectivity index (χ3v) is 13.3. The quantitative estimate of drug-likeness (QED) is 0.0409. The Morgan fingerprint density at radius 3 is 1.75 bits per heavy atom. The normalized spacial score (nSPS) is 14.6. The first-order valence-corrected chi connectivity index (χ1v) is 23.4. The van der Waals surface area contributed by atoms with Gasteiger partial charge in [-0.05, 0) is 139 Å². The number of hydrogen-bond donors (Lipinski definition) is 4. The van der Waals surface area contributed by atoms with E-state index in [0.717, 1.165) is 107 Å². The highest BCUT2D eigenvalue weighted by molar-refractivity contribution is 7.86. The second-order valence-electron chi connectivity index (χ2n) is 14.7. The predicted molar refractivity (Wildman–Crippen MR) is 223 cm³/mol. The molecule has 0 radical (unpaired) electrons. The molecule has 0 aliphatic heterocycles. The van der Waals surface area contributed by atoms with Gasteiger partial charge in [0.25, 0.3) is 20.2 Å². The molecule has 4 unspecified atom stereocenters. The van der Waals surface area contributed by atoms with Crippen LogP contribution in [0.2, 0.25) is 0 Å². The van der Waals surface area contributed by atoms with Crippen LogP contribution < -0.4 is 0 Å². The molecule has 0 saturated carbocycles. The Morgan fingerprint density at radius 1 is 0.635 bits per heavy atom. The van der Waals surface area contributed by atoms with Crippen molar-refractivity contribution in [2.75, 3.05) is 11.5 Å². The summed E-state index contributed by atoms with van der Waals surface area (Å²) < 4.78 is 68.1. The molecule has 0 fully saturated rings. The number of thiol groups is 2. The Hall–Kier alpha value is -1.82. The fourth-order valence-corrected chi connectivity index (χ4v) is 9.37. The number of aryl methyl sites for hydroxylation is 2. The van der Waals surface area contributed by atoms with Gasteiger partial charge in [0.1, 0.15) is 0 Å². The van der Waals surface area contributed by atoms with Gasteiger partial charge in [-0.15, -0.1) is 0 Å². The summed E-state index contributed by atoms with van der Waals surface area (Å²) >= 11 is 8.72. The van der Waals surface area contributed by atoms with Gasteiger partial charge in [0.15, 0.2) is 0 Å². The molecule has 0 spiro atoms. The molecule has 52 heavy (non-hydrogen) atoms. The summed E-state index contributed by atoms with van der Waals surface area (Å²) in [7, 11) is -8.65. The van der Waals surface area contributed by atoms with Gasteiger partial charge in [-0.25, -0.2) is 0 Å². The summed E-state index contributed by atoms with van der Waals surface area (Å²) in [6.45, 7) is 8.47. The summed E-state index contributed by atoms with van der Waals surface area (Å²) in [6, 6.07) is 19.3. The van der Waals surface area contributed by atoms with Gasteiger partial charge in [-0.3, -0.25) is 9.11 Å². The van der Waals surface area contributed by atoms with Gasteiger partial charge in [0.05, 0.1) is 9.79 Å². The van der Waals surface area contributed by atoms with Crippen LogP contribution in [0.4, 0.5) is 0 Å². The van der Waals surface area contributed by atoms with E-state index in [4.69, 9.17) is 0 Å². The molecule has 0 aliphatic carbocycles. The number of rotatable bonds is 24. The van der Waals surface area contributed by atoms with E-state index < -0.39 is 20.2 Å². The molecule has 3 aromatic rings. The van der Waals surface area contributed by atoms with E-state index >= 15 is 0 Å². The van der Waals surface area contributed by atoms with Crippen LogP contribution in [0.1, 0.15) is 161 Å². The lowest BCUT2D eigenvalue weighted by atomic mass is 9.85. The zero-order chi connectivity index (χ0) is 38.3. The first-order valence-electron chi connectivity index (χ1n) is 19.2. The zero-order valence-corrected chi connectivity index (χ0v) is 35.1. The highest BCUT2D eigenvalue weighted by atomic mass is 32.2. The third-order valence-electron chi connectivity index (χ3n) is 10.7. The van der Waals surface area contributed by atoms with Crippen molar-refractivity contribution in [3.05, 3.63) is 94.0 Å². The zero-order valence-electron chi connectivity index (χ0n) is 31.6. The van der Waals surface area contributed by atoms with Crippen molar-refractivity contribution >= 4 is 45.5 Å². The maximum absolute atomic E-state index is 12.2. The smallest absolute Gasteiger partial charge is 0.282 e. The van der Waals surface area contributed by atoms with Gasteiger partial charge in [-0.1, -0.05) is 107 Å². The second-order valence-corrected chi connectivity index (χ2v) is 18.3. The minimum Gasteiger partial charge on any atom is -0.282 e. The van der Waals surface area contributed by atoms with Crippen LogP contribution in [-0.4, -0.2) is 37.4 Å². The maximum atomic E-state index is 12.2. The predicted octanol–water partition coefficient (Wildman–Crippen LogP) is 11.8. The minimum absolute atomic E-state index is 0.0191. The van der Waals surface area contributed by atoms with Crippen molar-refractivity contribution in [3.63, 3.8) is 0 Å². The van der Waals surface area contributed by atoms with Crippen LogP contribution in [0.3, 0.4) is 0 Å². The summed E-state index contributed by atoms with van der Waals surface area (Å²) in [4.78, 5) is -0.0769. The molecule has 0 heterocycles. The summed E-state index contributed by atoms with van der Waals surface area (Å²) in [6.07, 6.45) is 14.3. The third kappa shape index (κ3) is 14.1. The van der Waals surface area contributed by atoms with Crippen molar-refractivity contribution in [2.45, 2.75) is 151 Å². The lowest BCUT2D eigenvalue weighted by Gasteiger charge is -2.21. The van der Waals surface area contributed by atoms with Crippen molar-refractivity contribution in [1.82, 2.24) is 0 Å². The average molecular weight is 791 g/mol. The summed E-state index contributed by atoms with van der Waals surface area (Å²) in [5, 5.41) is 0. The highest BCUT2D eigenvalue weighted by Gasteiger charge is 2.22. The van der Waals surface area contributed by atoms with Gasteiger partial charge >= 0.3 is 0 Å². The van der Waals surface area contributed by atoms with Crippen molar-refractivity contribution in [1.29, 1.82) is 0 Å². The fraction of sp³-hybridized carbons (Fsp3) is 0.571. The Labute approximate surface area is 326 Å². The standard InChI is InChI=1S/C42H62O6S4/c1-5-34(38-22-23-41(32(4)30-50)42(29-38)52(46,47)48)16-9-7-11-18-36(37-20-13-21-40(28-37)51(43,44)45)19-12-8-10-17-35(6-2)39-26-31(3)25-33(27-39)15-14-24-49/h13,20-23,25-29,32,34-36,49-50H,5-12,14-19,24,30H2,1-4H3,(H,43,44,45)(H,46,47,48). The molecule has 10 heteroatoms. The summed E-state index contributed by atoms with van der Waals surface area (Å²) in [5.74, 6) is 2.18. The molecule has 3 rings (SSSR count). The van der Waals surface area contributed by atoms with E-state index in [1.807, 2.05) is 25.1 Å². The topological polar surface area (TPSA) is 109 Å². The first kappa shape index (κ1) is 44.6. The van der Waals surface area contributed by atoms with Crippen LogP contribution in [-0.2, 0) is 26.7 Å². The van der Waals surface area contributed by atoms with Crippen LogP contribution >= 0.6 is 25.3 Å². The maximum Gasteiger partial charge on any atom is 0.294 e. The van der Waals surface area contributed by atoms with Crippen molar-refractivity contribution in [2.24, 2.45) is 0 Å². The molecule has 0 amide bonds. The molecule has 290 valence electrons. The monoisotopic (exact) mass is 790 g/mol. The van der Waals surface area contributed by atoms with Gasteiger partial charge < -0.3 is 0 Å². The molecular formula is C42H62O6S4. The molecule has 6 nitrogen and oxygen atoms in total. The van der Waals surface area contributed by atoms with Crippen LogP contribution in [0.25, 0.3) is 0 Å². The Kier molecular flexibility index (Phi) is 18.8. The molecule has 3 aromatic carbocycles. The lowest BCUT2D eigenvalue weighted by molar-refractivity contribution is 0.469. The molecule has 0 bridgehead atoms. The number of unbranched alkanes of at least 4 members (excludes halogenated alkanes) is 4. The highest BCUT2D eigenvalue weighted by Crippen LogP contribution is 2.35. The van der Waals surface area contributed by atoms with Crippen LogP contribution in [0, 0.1) is 6.92 Å². The lowest BCUT2D eigenvalue weighted by Crippen LogP contribution is -2.09. The second kappa shape index (κ2) is 21.9. The van der Waals surface area contributed by atoms with Crippen LogP contribution in [0.5, 0.6) is 0 Å². The first-order chi connectivity index (χ1) is 24.7. The molecule has 0 aliphatic rings. The van der Waals surface area contributed by atoms with Crippen molar-refractivity contribution in [3.8, 4) is 0 Å². The SMILES string of the molecule is CCC(CCCCCC(CCCCCC(CC)c1ccc(C(C)CS)c(S(=O)(=O)O)c1)c1cccc(S(=O)(=O)O)c1)c1cc(C)cc(CCCS)c1. The van der Waals surface area contributed by atoms with Gasteiger partial charge in [0, 0.05) is 0 Å². The molecule has 0 aromatic heterocycles. The molecule has 2 N–H and O–H groups in total. The van der Waals surface area contributed by atoms with Gasteiger partial charge in [0.2, 0.25) is 0 Å². The molecule has 0 saturated heterocycles. The van der Waals surface area contributed by atoms with Gasteiger partial charge in [-0.2, -0.15) is 42.1 Å². The van der Waals surface area contributed by atoms with E-state index in [1.165, 1.54) is 22.8 Å². The van der Waals surface area contributed by atoms with E-state index in [0.29, 0.717) is 17.2 Å². The van der Waals surface area contributed by atoms with E-state index in [9.17, 15) is 25.9 Å². The Bertz CT molecular complexity index is 1760. The summed E-state index contributed by atoms with van der Waals surface area (Å²) in [5.41, 5.74) is 6.64. The Balaban J connectivity index is 1.61. The average Bonchev–Trinajstić information content (AvgIpc) is 3.11. The number of hydrogen-bond acceptors (Lipinski definition) is 6.